The minimum absolute atomic E-state index is 0.158. The minimum atomic E-state index is 0.158. The average molecular weight is 381 g/mol. The molecule has 0 atom stereocenters. The van der Waals surface area contributed by atoms with Gasteiger partial charge in [-0.25, -0.2) is 4.68 Å². The molecule has 1 aromatic heterocycles. The first-order chi connectivity index (χ1) is 13.1. The summed E-state index contributed by atoms with van der Waals surface area (Å²) in [6.45, 7) is 0. The maximum absolute atomic E-state index is 5.37. The van der Waals surface area contributed by atoms with Crippen LogP contribution in [-0.2, 0) is 5.41 Å². The monoisotopic (exact) mass is 380 g/mol. The molecule has 1 heterocycles. The number of aromatic nitrogens is 3. The largest absolute Gasteiger partial charge is 0.375 e. The summed E-state index contributed by atoms with van der Waals surface area (Å²) in [6, 6.07) is 8.18. The van der Waals surface area contributed by atoms with Crippen molar-refractivity contribution in [3.63, 3.8) is 0 Å². The molecule has 0 spiro atoms. The number of nitrogens with one attached hydrogen (secondary N) is 1. The SMILES string of the molecule is NC(=S)N/N=C\c1ccc(-n2nncc2C23CC4CC(CC(C4)C2)C3)cc1. The standard InChI is InChI=1S/C20H24N6S/c21-19(27)24-22-11-13-1-3-17(4-2-13)26-18(12-23-25-26)20-8-14-5-15(9-20)7-16(6-14)10-20/h1-4,11-12,14-16H,5-10H2,(H3,21,24,27)/b22-11-. The van der Waals surface area contributed by atoms with E-state index < -0.39 is 0 Å². The lowest BCUT2D eigenvalue weighted by Crippen LogP contribution is -2.49. The van der Waals surface area contributed by atoms with Crippen molar-refractivity contribution < 1.29 is 0 Å². The van der Waals surface area contributed by atoms with Gasteiger partial charge in [0.05, 0.1) is 23.8 Å². The molecule has 7 heteroatoms. The fourth-order valence-electron chi connectivity index (χ4n) is 6.08. The van der Waals surface area contributed by atoms with E-state index in [1.54, 1.807) is 6.21 Å². The van der Waals surface area contributed by atoms with Crippen LogP contribution in [0.2, 0.25) is 0 Å². The number of nitrogens with zero attached hydrogens (tertiary/aromatic N) is 4. The number of hydrogen-bond donors (Lipinski definition) is 2. The summed E-state index contributed by atoms with van der Waals surface area (Å²) in [7, 11) is 0. The Morgan fingerprint density at radius 3 is 2.37 bits per heavy atom. The molecule has 6 rings (SSSR count). The van der Waals surface area contributed by atoms with Gasteiger partial charge < -0.3 is 5.73 Å². The zero-order valence-corrected chi connectivity index (χ0v) is 16.0. The quantitative estimate of drug-likeness (QED) is 0.484. The van der Waals surface area contributed by atoms with Crippen LogP contribution in [0.5, 0.6) is 0 Å². The Hall–Kier alpha value is -2.28. The normalized spacial score (nSPS) is 31.5. The molecule has 0 radical (unpaired) electrons. The zero-order valence-electron chi connectivity index (χ0n) is 15.2. The molecule has 2 aromatic rings. The molecule has 0 unspecified atom stereocenters. The topological polar surface area (TPSA) is 81.1 Å². The lowest BCUT2D eigenvalue weighted by Gasteiger charge is -2.56. The number of hydrazone groups is 1. The van der Waals surface area contributed by atoms with E-state index in [2.05, 4.69) is 37.7 Å². The third kappa shape index (κ3) is 3.04. The summed E-state index contributed by atoms with van der Waals surface area (Å²) < 4.78 is 2.06. The molecular weight excluding hydrogens is 356 g/mol. The second kappa shape index (κ2) is 6.41. The van der Waals surface area contributed by atoms with Gasteiger partial charge in [-0.1, -0.05) is 17.3 Å². The summed E-state index contributed by atoms with van der Waals surface area (Å²) in [5.74, 6) is 2.71. The van der Waals surface area contributed by atoms with Crippen molar-refractivity contribution in [2.24, 2.45) is 28.6 Å². The smallest absolute Gasteiger partial charge is 0.184 e. The first-order valence-electron chi connectivity index (χ1n) is 9.71. The number of benzene rings is 1. The Balaban J connectivity index is 1.42. The molecule has 6 nitrogen and oxygen atoms in total. The van der Waals surface area contributed by atoms with Gasteiger partial charge in [0.1, 0.15) is 0 Å². The lowest BCUT2D eigenvalue weighted by molar-refractivity contribution is -0.00827. The first kappa shape index (κ1) is 16.9. The van der Waals surface area contributed by atoms with E-state index >= 15 is 0 Å². The van der Waals surface area contributed by atoms with E-state index in [1.807, 2.05) is 18.3 Å². The molecule has 0 saturated heterocycles. The fraction of sp³-hybridized carbons (Fsp3) is 0.500. The highest BCUT2D eigenvalue weighted by molar-refractivity contribution is 7.80. The molecule has 4 saturated carbocycles. The summed E-state index contributed by atoms with van der Waals surface area (Å²) in [4.78, 5) is 0. The van der Waals surface area contributed by atoms with Crippen LogP contribution in [-0.4, -0.2) is 26.3 Å². The van der Waals surface area contributed by atoms with E-state index in [-0.39, 0.29) is 10.5 Å². The van der Waals surface area contributed by atoms with Gasteiger partial charge in [-0.05, 0) is 86.2 Å². The third-order valence-corrected chi connectivity index (χ3v) is 6.75. The second-order valence-corrected chi connectivity index (χ2v) is 8.99. The van der Waals surface area contributed by atoms with Gasteiger partial charge in [0.2, 0.25) is 0 Å². The number of hydrogen-bond acceptors (Lipinski definition) is 4. The van der Waals surface area contributed by atoms with Crippen LogP contribution in [0.4, 0.5) is 0 Å². The molecule has 0 amide bonds. The number of thiocarbonyl (C=S) groups is 1. The van der Waals surface area contributed by atoms with E-state index in [0.29, 0.717) is 0 Å². The highest BCUT2D eigenvalue weighted by Gasteiger charge is 2.53. The van der Waals surface area contributed by atoms with Gasteiger partial charge in [0.25, 0.3) is 0 Å². The predicted octanol–water partition coefficient (Wildman–Crippen LogP) is 2.90. The van der Waals surface area contributed by atoms with Gasteiger partial charge in [0.15, 0.2) is 5.11 Å². The van der Waals surface area contributed by atoms with Crippen molar-refractivity contribution in [2.75, 3.05) is 0 Å². The second-order valence-electron chi connectivity index (χ2n) is 8.55. The Morgan fingerprint density at radius 1 is 1.15 bits per heavy atom. The molecule has 27 heavy (non-hydrogen) atoms. The number of rotatable bonds is 4. The summed E-state index contributed by atoms with van der Waals surface area (Å²) >= 11 is 4.74. The lowest BCUT2D eigenvalue weighted by atomic mass is 9.49. The van der Waals surface area contributed by atoms with E-state index in [9.17, 15) is 0 Å². The van der Waals surface area contributed by atoms with Crippen molar-refractivity contribution in [1.82, 2.24) is 20.4 Å². The number of nitrogens with two attached hydrogens (primary N) is 1. The Morgan fingerprint density at radius 2 is 1.78 bits per heavy atom. The van der Waals surface area contributed by atoms with Gasteiger partial charge in [-0.2, -0.15) is 5.10 Å². The Bertz CT molecular complexity index is 849. The van der Waals surface area contributed by atoms with Gasteiger partial charge >= 0.3 is 0 Å². The minimum Gasteiger partial charge on any atom is -0.375 e. The zero-order chi connectivity index (χ0) is 18.4. The van der Waals surface area contributed by atoms with Gasteiger partial charge in [-0.15, -0.1) is 5.10 Å². The summed E-state index contributed by atoms with van der Waals surface area (Å²) in [6.07, 6.45) is 11.9. The molecule has 4 aliphatic rings. The van der Waals surface area contributed by atoms with Crippen LogP contribution in [0, 0.1) is 17.8 Å². The van der Waals surface area contributed by atoms with Crippen LogP contribution in [0.3, 0.4) is 0 Å². The van der Waals surface area contributed by atoms with Crippen LogP contribution in [0.1, 0.15) is 49.8 Å². The first-order valence-corrected chi connectivity index (χ1v) is 10.1. The van der Waals surface area contributed by atoms with E-state index in [0.717, 1.165) is 29.0 Å². The highest BCUT2D eigenvalue weighted by Crippen LogP contribution is 2.60. The van der Waals surface area contributed by atoms with Crippen molar-refractivity contribution >= 4 is 23.5 Å². The molecule has 3 N–H and O–H groups in total. The Kier molecular flexibility index (Phi) is 4.00. The average Bonchev–Trinajstić information content (AvgIpc) is 3.11. The molecule has 4 fully saturated rings. The molecule has 4 aliphatic carbocycles. The van der Waals surface area contributed by atoms with Crippen molar-refractivity contribution in [3.8, 4) is 5.69 Å². The fourth-order valence-corrected chi connectivity index (χ4v) is 6.14. The van der Waals surface area contributed by atoms with Gasteiger partial charge in [-0.3, -0.25) is 5.43 Å². The van der Waals surface area contributed by atoms with Crippen LogP contribution in [0.15, 0.2) is 35.6 Å². The maximum Gasteiger partial charge on any atom is 0.184 e. The molecule has 4 bridgehead atoms. The van der Waals surface area contributed by atoms with Crippen LogP contribution >= 0.6 is 12.2 Å². The molecular formula is C20H24N6S. The van der Waals surface area contributed by atoms with Crippen molar-refractivity contribution in [1.29, 1.82) is 0 Å². The molecule has 140 valence electrons. The van der Waals surface area contributed by atoms with Crippen LogP contribution < -0.4 is 11.2 Å². The summed E-state index contributed by atoms with van der Waals surface area (Å²) in [5.41, 5.74) is 11.5. The summed E-state index contributed by atoms with van der Waals surface area (Å²) in [5, 5.41) is 12.9. The van der Waals surface area contributed by atoms with Gasteiger partial charge in [0, 0.05) is 5.41 Å². The molecule has 1 aromatic carbocycles. The van der Waals surface area contributed by atoms with E-state index in [1.165, 1.54) is 44.2 Å². The third-order valence-electron chi connectivity index (χ3n) is 6.66. The van der Waals surface area contributed by atoms with E-state index in [4.69, 9.17) is 18.0 Å². The molecule has 0 aliphatic heterocycles. The Labute approximate surface area is 164 Å². The maximum atomic E-state index is 5.37. The van der Waals surface area contributed by atoms with Crippen molar-refractivity contribution in [2.45, 2.75) is 43.9 Å². The highest BCUT2D eigenvalue weighted by atomic mass is 32.1. The van der Waals surface area contributed by atoms with Crippen molar-refractivity contribution in [3.05, 3.63) is 41.7 Å². The van der Waals surface area contributed by atoms with Crippen LogP contribution in [0.25, 0.3) is 5.69 Å². The predicted molar refractivity (Wildman–Crippen MR) is 109 cm³/mol.